The fourth-order valence-corrected chi connectivity index (χ4v) is 2.68. The van der Waals surface area contributed by atoms with Crippen LogP contribution in [0.5, 0.6) is 0 Å². The molecule has 5 N–H and O–H groups in total. The number of aliphatic hydroxyl groups excluding tert-OH is 1. The number of nitrogens with two attached hydrogens (primary N) is 1. The van der Waals surface area contributed by atoms with E-state index in [0.29, 0.717) is 5.56 Å². The van der Waals surface area contributed by atoms with Crippen LogP contribution in [0.3, 0.4) is 0 Å². The summed E-state index contributed by atoms with van der Waals surface area (Å²) in [5.41, 5.74) is 6.53. The Morgan fingerprint density at radius 3 is 2.33 bits per heavy atom. The minimum Gasteiger partial charge on any atom is -0.445 e. The van der Waals surface area contributed by atoms with Crippen molar-refractivity contribution in [1.82, 2.24) is 10.6 Å². The number of alkyl carbamates (subject to hydrolysis) is 1. The van der Waals surface area contributed by atoms with E-state index in [-0.39, 0.29) is 13.0 Å². The van der Waals surface area contributed by atoms with Crippen LogP contribution in [0.1, 0.15) is 18.1 Å². The van der Waals surface area contributed by atoms with Gasteiger partial charge in [0.25, 0.3) is 0 Å². The molecule has 8 nitrogen and oxygen atoms in total. The van der Waals surface area contributed by atoms with E-state index in [4.69, 9.17) is 10.5 Å². The highest BCUT2D eigenvalue weighted by Gasteiger charge is 2.29. The lowest BCUT2D eigenvalue weighted by atomic mass is 10.0. The molecule has 2 aromatic carbocycles. The maximum Gasteiger partial charge on any atom is 0.408 e. The summed E-state index contributed by atoms with van der Waals surface area (Å²) < 4.78 is 18.4. The molecule has 9 heteroatoms. The number of nitrogens with one attached hydrogen (secondary N) is 2. The largest absolute Gasteiger partial charge is 0.445 e. The number of aliphatic hydroxyl groups is 1. The first-order valence-corrected chi connectivity index (χ1v) is 9.25. The third kappa shape index (κ3) is 7.17. The van der Waals surface area contributed by atoms with E-state index in [1.807, 2.05) is 6.07 Å². The molecule has 0 heterocycles. The van der Waals surface area contributed by atoms with E-state index in [9.17, 15) is 23.9 Å². The molecule has 3 atom stereocenters. The summed E-state index contributed by atoms with van der Waals surface area (Å²) in [6.07, 6.45) is -2.25. The van der Waals surface area contributed by atoms with Crippen molar-refractivity contribution in [3.8, 4) is 0 Å². The number of ether oxygens (including phenoxy) is 1. The van der Waals surface area contributed by atoms with Gasteiger partial charge in [-0.05, 0) is 30.2 Å². The number of rotatable bonds is 9. The standard InChI is InChI=1S/C21H24FN3O5/c1-13(26)18(25-21(29)30-12-14-6-3-2-4-7-14)20(28)24-17(19(23)27)11-15-8-5-9-16(22)10-15/h2-10,13,17-18,26H,11-12H2,1H3,(H2,23,27)(H,24,28)(H,25,29)/t13-,17-,18+/m1/s1. The molecule has 0 saturated carbocycles. The number of benzene rings is 2. The smallest absolute Gasteiger partial charge is 0.408 e. The molecule has 0 spiro atoms. The zero-order valence-corrected chi connectivity index (χ0v) is 16.4. The van der Waals surface area contributed by atoms with E-state index in [1.165, 1.54) is 25.1 Å². The second kappa shape index (κ2) is 10.9. The number of primary amides is 1. The van der Waals surface area contributed by atoms with Crippen LogP contribution in [-0.2, 0) is 27.4 Å². The van der Waals surface area contributed by atoms with E-state index in [1.54, 1.807) is 30.3 Å². The highest BCUT2D eigenvalue weighted by atomic mass is 19.1. The Morgan fingerprint density at radius 2 is 1.73 bits per heavy atom. The van der Waals surface area contributed by atoms with Crippen molar-refractivity contribution in [2.24, 2.45) is 5.73 Å². The van der Waals surface area contributed by atoms with E-state index < -0.39 is 41.9 Å². The third-order valence-electron chi connectivity index (χ3n) is 4.24. The lowest BCUT2D eigenvalue weighted by molar-refractivity contribution is -0.130. The average Bonchev–Trinajstić information content (AvgIpc) is 2.70. The van der Waals surface area contributed by atoms with Crippen molar-refractivity contribution in [3.63, 3.8) is 0 Å². The van der Waals surface area contributed by atoms with Crippen LogP contribution in [0, 0.1) is 5.82 Å². The Kier molecular flexibility index (Phi) is 8.30. The second-order valence-corrected chi connectivity index (χ2v) is 6.72. The van der Waals surface area contributed by atoms with Crippen molar-refractivity contribution >= 4 is 17.9 Å². The van der Waals surface area contributed by atoms with Crippen molar-refractivity contribution in [3.05, 3.63) is 71.5 Å². The average molecular weight is 417 g/mol. The number of carbonyl (C=O) groups excluding carboxylic acids is 3. The van der Waals surface area contributed by atoms with Gasteiger partial charge >= 0.3 is 6.09 Å². The first-order valence-electron chi connectivity index (χ1n) is 9.25. The van der Waals surface area contributed by atoms with Gasteiger partial charge in [0.15, 0.2) is 0 Å². The van der Waals surface area contributed by atoms with Crippen molar-refractivity contribution in [2.45, 2.75) is 38.1 Å². The Bertz CT molecular complexity index is 876. The summed E-state index contributed by atoms with van der Waals surface area (Å²) in [5.74, 6) is -2.17. The summed E-state index contributed by atoms with van der Waals surface area (Å²) in [6.45, 7) is 1.28. The zero-order valence-electron chi connectivity index (χ0n) is 16.4. The van der Waals surface area contributed by atoms with E-state index in [0.717, 1.165) is 5.56 Å². The molecule has 0 unspecified atom stereocenters. The molecule has 0 saturated heterocycles. The maximum atomic E-state index is 13.4. The maximum absolute atomic E-state index is 13.4. The minimum atomic E-state index is -1.39. The van der Waals surface area contributed by atoms with Gasteiger partial charge in [0.1, 0.15) is 24.5 Å². The predicted molar refractivity (Wildman–Crippen MR) is 106 cm³/mol. The zero-order chi connectivity index (χ0) is 22.1. The Hall–Kier alpha value is -3.46. The van der Waals surface area contributed by atoms with Crippen LogP contribution in [0.2, 0.25) is 0 Å². The van der Waals surface area contributed by atoms with Crippen LogP contribution in [-0.4, -0.2) is 41.2 Å². The van der Waals surface area contributed by atoms with Gasteiger partial charge in [0.05, 0.1) is 6.10 Å². The van der Waals surface area contributed by atoms with Gasteiger partial charge in [0, 0.05) is 6.42 Å². The molecule has 0 radical (unpaired) electrons. The Labute approximate surface area is 173 Å². The van der Waals surface area contributed by atoms with Crippen molar-refractivity contribution in [1.29, 1.82) is 0 Å². The first-order chi connectivity index (χ1) is 14.3. The molecule has 2 rings (SSSR count). The van der Waals surface area contributed by atoms with Gasteiger partial charge in [-0.3, -0.25) is 9.59 Å². The molecule has 0 fully saturated rings. The minimum absolute atomic E-state index is 0.0235. The second-order valence-electron chi connectivity index (χ2n) is 6.72. The summed E-state index contributed by atoms with van der Waals surface area (Å²) >= 11 is 0. The SMILES string of the molecule is C[C@@H](O)[C@H](NC(=O)OCc1ccccc1)C(=O)N[C@H](Cc1cccc(F)c1)C(N)=O. The quantitative estimate of drug-likeness (QED) is 0.484. The molecule has 160 valence electrons. The molecule has 0 aliphatic rings. The molecular weight excluding hydrogens is 393 g/mol. The fourth-order valence-electron chi connectivity index (χ4n) is 2.68. The van der Waals surface area contributed by atoms with Gasteiger partial charge in [-0.15, -0.1) is 0 Å². The number of hydrogen-bond acceptors (Lipinski definition) is 5. The van der Waals surface area contributed by atoms with Crippen molar-refractivity contribution in [2.75, 3.05) is 0 Å². The first kappa shape index (κ1) is 22.8. The normalized spacial score (nSPS) is 13.6. The third-order valence-corrected chi connectivity index (χ3v) is 4.24. The van der Waals surface area contributed by atoms with Gasteiger partial charge in [-0.25, -0.2) is 9.18 Å². The van der Waals surface area contributed by atoms with Gasteiger partial charge < -0.3 is 26.2 Å². The Morgan fingerprint density at radius 1 is 1.07 bits per heavy atom. The van der Waals surface area contributed by atoms with Crippen molar-refractivity contribution < 1.29 is 28.6 Å². The summed E-state index contributed by atoms with van der Waals surface area (Å²) in [7, 11) is 0. The van der Waals surface area contributed by atoms with Crippen LogP contribution in [0.25, 0.3) is 0 Å². The highest BCUT2D eigenvalue weighted by molar-refractivity contribution is 5.91. The molecule has 3 amide bonds. The van der Waals surface area contributed by atoms with E-state index >= 15 is 0 Å². The molecular formula is C21H24FN3O5. The number of hydrogen-bond donors (Lipinski definition) is 4. The molecule has 2 aromatic rings. The number of halogens is 1. The van der Waals surface area contributed by atoms with Crippen LogP contribution < -0.4 is 16.4 Å². The van der Waals surface area contributed by atoms with Gasteiger partial charge in [-0.1, -0.05) is 42.5 Å². The molecule has 0 aromatic heterocycles. The van der Waals surface area contributed by atoms with E-state index in [2.05, 4.69) is 10.6 Å². The summed E-state index contributed by atoms with van der Waals surface area (Å²) in [5, 5.41) is 14.5. The lowest BCUT2D eigenvalue weighted by Crippen LogP contribution is -2.57. The van der Waals surface area contributed by atoms with Gasteiger partial charge in [-0.2, -0.15) is 0 Å². The molecule has 0 aliphatic carbocycles. The summed E-state index contributed by atoms with van der Waals surface area (Å²) in [4.78, 5) is 36.3. The lowest BCUT2D eigenvalue weighted by Gasteiger charge is -2.23. The van der Waals surface area contributed by atoms with Gasteiger partial charge in [0.2, 0.25) is 11.8 Å². The molecule has 0 bridgehead atoms. The van der Waals surface area contributed by atoms with Crippen LogP contribution in [0.4, 0.5) is 9.18 Å². The number of carbonyl (C=O) groups is 3. The topological polar surface area (TPSA) is 131 Å². The Balaban J connectivity index is 1.98. The fraction of sp³-hybridized carbons (Fsp3) is 0.286. The highest BCUT2D eigenvalue weighted by Crippen LogP contribution is 2.08. The predicted octanol–water partition coefficient (Wildman–Crippen LogP) is 1.01. The summed E-state index contributed by atoms with van der Waals surface area (Å²) in [6, 6.07) is 11.9. The monoisotopic (exact) mass is 417 g/mol. The molecule has 30 heavy (non-hydrogen) atoms. The van der Waals surface area contributed by atoms with Crippen LogP contribution >= 0.6 is 0 Å². The van der Waals surface area contributed by atoms with Crippen LogP contribution in [0.15, 0.2) is 54.6 Å². The molecule has 0 aliphatic heterocycles. The number of amides is 3.